The normalized spacial score (nSPS) is 12.2. The molecule has 0 radical (unpaired) electrons. The number of hydrogen-bond acceptors (Lipinski definition) is 3. The highest BCUT2D eigenvalue weighted by Crippen LogP contribution is 2.25. The SMILES string of the molecule is O=C(/C=C/c1c(F)c(F)c(F)c(F)c1F)NS(=O)(=O)/C=C/c1c(F)c(F)c(F)c(F)c1F. The molecule has 0 spiro atoms. The molecular formula is C17H5F10NO3S. The van der Waals surface area contributed by atoms with Crippen LogP contribution in [0, 0.1) is 58.2 Å². The zero-order valence-electron chi connectivity index (χ0n) is 14.7. The van der Waals surface area contributed by atoms with Gasteiger partial charge in [-0.1, -0.05) is 0 Å². The molecule has 172 valence electrons. The Bertz CT molecular complexity index is 1230. The number of benzene rings is 2. The van der Waals surface area contributed by atoms with Gasteiger partial charge < -0.3 is 0 Å². The summed E-state index contributed by atoms with van der Waals surface area (Å²) in [5, 5.41) is -0.185. The van der Waals surface area contributed by atoms with Gasteiger partial charge in [-0.25, -0.2) is 57.0 Å². The van der Waals surface area contributed by atoms with Crippen molar-refractivity contribution in [3.05, 3.63) is 80.8 Å². The van der Waals surface area contributed by atoms with Crippen LogP contribution in [0.25, 0.3) is 12.2 Å². The van der Waals surface area contributed by atoms with Gasteiger partial charge in [0, 0.05) is 6.08 Å². The molecule has 0 bridgehead atoms. The van der Waals surface area contributed by atoms with Gasteiger partial charge in [0.2, 0.25) is 11.6 Å². The van der Waals surface area contributed by atoms with E-state index in [2.05, 4.69) is 0 Å². The lowest BCUT2D eigenvalue weighted by molar-refractivity contribution is -0.114. The minimum absolute atomic E-state index is 0.0298. The van der Waals surface area contributed by atoms with Gasteiger partial charge in [0.1, 0.15) is 0 Å². The molecule has 0 heterocycles. The molecule has 0 aromatic heterocycles. The van der Waals surface area contributed by atoms with Crippen LogP contribution in [0.2, 0.25) is 0 Å². The monoisotopic (exact) mass is 493 g/mol. The van der Waals surface area contributed by atoms with E-state index in [1.807, 2.05) is 0 Å². The lowest BCUT2D eigenvalue weighted by Gasteiger charge is -2.05. The molecule has 1 amide bonds. The van der Waals surface area contributed by atoms with E-state index in [1.165, 1.54) is 0 Å². The van der Waals surface area contributed by atoms with E-state index in [0.29, 0.717) is 0 Å². The average Bonchev–Trinajstić information content (AvgIpc) is 2.73. The molecule has 15 heteroatoms. The van der Waals surface area contributed by atoms with Gasteiger partial charge in [-0.15, -0.1) is 0 Å². The average molecular weight is 493 g/mol. The lowest BCUT2D eigenvalue weighted by Crippen LogP contribution is -2.27. The second kappa shape index (κ2) is 9.02. The molecule has 32 heavy (non-hydrogen) atoms. The Kier molecular flexibility index (Phi) is 7.02. The molecule has 0 saturated carbocycles. The predicted octanol–water partition coefficient (Wildman–Crippen LogP) is 4.21. The van der Waals surface area contributed by atoms with Gasteiger partial charge in [0.05, 0.1) is 16.5 Å². The van der Waals surface area contributed by atoms with Crippen molar-refractivity contribution in [2.75, 3.05) is 0 Å². The Morgan fingerprint density at radius 1 is 0.562 bits per heavy atom. The van der Waals surface area contributed by atoms with Crippen LogP contribution < -0.4 is 4.72 Å². The maximum Gasteiger partial charge on any atom is 0.257 e. The largest absolute Gasteiger partial charge is 0.269 e. The van der Waals surface area contributed by atoms with Crippen molar-refractivity contribution in [2.45, 2.75) is 0 Å². The quantitative estimate of drug-likeness (QED) is 0.294. The summed E-state index contributed by atoms with van der Waals surface area (Å²) in [6, 6.07) is 0. The second-order valence-corrected chi connectivity index (χ2v) is 7.18. The summed E-state index contributed by atoms with van der Waals surface area (Å²) in [6.07, 6.45) is -0.0172. The molecule has 4 nitrogen and oxygen atoms in total. The van der Waals surface area contributed by atoms with Crippen LogP contribution in [0.3, 0.4) is 0 Å². The van der Waals surface area contributed by atoms with Crippen molar-refractivity contribution in [1.82, 2.24) is 4.72 Å². The third-order valence-electron chi connectivity index (χ3n) is 3.55. The highest BCUT2D eigenvalue weighted by molar-refractivity contribution is 7.93. The van der Waals surface area contributed by atoms with Crippen molar-refractivity contribution in [1.29, 1.82) is 0 Å². The predicted molar refractivity (Wildman–Crippen MR) is 87.6 cm³/mol. The Hall–Kier alpha value is -3.36. The van der Waals surface area contributed by atoms with Crippen molar-refractivity contribution in [3.63, 3.8) is 0 Å². The van der Waals surface area contributed by atoms with Crippen molar-refractivity contribution in [2.24, 2.45) is 0 Å². The van der Waals surface area contributed by atoms with Crippen LogP contribution >= 0.6 is 0 Å². The summed E-state index contributed by atoms with van der Waals surface area (Å²) >= 11 is 0. The summed E-state index contributed by atoms with van der Waals surface area (Å²) in [5.41, 5.74) is -3.26. The number of halogens is 10. The smallest absolute Gasteiger partial charge is 0.257 e. The zero-order valence-corrected chi connectivity index (χ0v) is 15.5. The lowest BCUT2D eigenvalue weighted by atomic mass is 10.1. The number of rotatable bonds is 5. The van der Waals surface area contributed by atoms with Gasteiger partial charge in [0.25, 0.3) is 15.9 Å². The molecule has 0 aliphatic carbocycles. The van der Waals surface area contributed by atoms with Gasteiger partial charge in [0.15, 0.2) is 46.5 Å². The molecule has 0 unspecified atom stereocenters. The molecule has 0 aliphatic heterocycles. The maximum atomic E-state index is 13.5. The summed E-state index contributed by atoms with van der Waals surface area (Å²) in [6.45, 7) is 0. The van der Waals surface area contributed by atoms with Gasteiger partial charge in [-0.2, -0.15) is 0 Å². The van der Waals surface area contributed by atoms with Crippen molar-refractivity contribution < 1.29 is 57.1 Å². The van der Waals surface area contributed by atoms with E-state index >= 15 is 0 Å². The van der Waals surface area contributed by atoms with Gasteiger partial charge >= 0.3 is 0 Å². The van der Waals surface area contributed by atoms with E-state index in [9.17, 15) is 57.1 Å². The molecular weight excluding hydrogens is 488 g/mol. The maximum absolute atomic E-state index is 13.5. The summed E-state index contributed by atoms with van der Waals surface area (Å²) in [7, 11) is -5.00. The molecule has 1 N–H and O–H groups in total. The number of nitrogens with one attached hydrogen (secondary N) is 1. The first-order valence-corrected chi connectivity index (χ1v) is 9.20. The van der Waals surface area contributed by atoms with Crippen LogP contribution in [0.5, 0.6) is 0 Å². The molecule has 2 aromatic carbocycles. The molecule has 2 rings (SSSR count). The van der Waals surface area contributed by atoms with Crippen LogP contribution in [0.4, 0.5) is 43.9 Å². The molecule has 0 atom stereocenters. The van der Waals surface area contributed by atoms with Gasteiger partial charge in [-0.05, 0) is 12.2 Å². The topological polar surface area (TPSA) is 63.2 Å². The number of carbonyl (C=O) groups is 1. The van der Waals surface area contributed by atoms with E-state index in [-0.39, 0.29) is 23.6 Å². The van der Waals surface area contributed by atoms with Crippen LogP contribution in [-0.2, 0) is 14.8 Å². The summed E-state index contributed by atoms with van der Waals surface area (Å²) < 4.78 is 157. The van der Waals surface area contributed by atoms with E-state index < -0.39 is 85.2 Å². The molecule has 0 fully saturated rings. The first-order valence-electron chi connectivity index (χ1n) is 7.65. The standard InChI is InChI=1S/C17H5F10NO3S/c18-8-5(9(19)13(23)16(26)12(8)22)1-2-7(29)28-32(30,31)4-3-6-10(20)14(24)17(27)15(25)11(6)21/h1-4H,(H,28,29)/b2-1+,4-3+. The molecule has 0 saturated heterocycles. The van der Waals surface area contributed by atoms with E-state index in [1.54, 1.807) is 0 Å². The van der Waals surface area contributed by atoms with Crippen LogP contribution in [-0.4, -0.2) is 14.3 Å². The molecule has 0 aliphatic rings. The Balaban J connectivity index is 2.29. The minimum atomic E-state index is -5.00. The zero-order chi connectivity index (χ0) is 24.5. The first kappa shape index (κ1) is 24.9. The number of sulfonamides is 1. The van der Waals surface area contributed by atoms with E-state index in [4.69, 9.17) is 0 Å². The highest BCUT2D eigenvalue weighted by atomic mass is 32.2. The Morgan fingerprint density at radius 2 is 0.875 bits per heavy atom. The van der Waals surface area contributed by atoms with E-state index in [0.717, 1.165) is 4.72 Å². The minimum Gasteiger partial charge on any atom is -0.269 e. The number of hydrogen-bond donors (Lipinski definition) is 1. The fraction of sp³-hybridized carbons (Fsp3) is 0. The Morgan fingerprint density at radius 3 is 1.25 bits per heavy atom. The summed E-state index contributed by atoms with van der Waals surface area (Å²) in [4.78, 5) is 11.6. The fourth-order valence-electron chi connectivity index (χ4n) is 2.06. The number of amides is 1. The Labute approximate surface area is 171 Å². The van der Waals surface area contributed by atoms with Crippen LogP contribution in [0.15, 0.2) is 11.5 Å². The first-order chi connectivity index (χ1) is 14.7. The number of carbonyl (C=O) groups excluding carboxylic acids is 1. The molecule has 2 aromatic rings. The van der Waals surface area contributed by atoms with Crippen LogP contribution in [0.1, 0.15) is 11.1 Å². The highest BCUT2D eigenvalue weighted by Gasteiger charge is 2.26. The van der Waals surface area contributed by atoms with Gasteiger partial charge in [-0.3, -0.25) is 4.79 Å². The van der Waals surface area contributed by atoms with Crippen molar-refractivity contribution >= 4 is 28.1 Å². The third-order valence-corrected chi connectivity index (χ3v) is 4.53. The summed E-state index contributed by atoms with van der Waals surface area (Å²) in [5.74, 6) is -25.6. The third kappa shape index (κ3) is 4.76. The fourth-order valence-corrected chi connectivity index (χ4v) is 2.79. The van der Waals surface area contributed by atoms with Crippen molar-refractivity contribution in [3.8, 4) is 0 Å². The second-order valence-electron chi connectivity index (χ2n) is 5.61.